The predicted molar refractivity (Wildman–Crippen MR) is 130 cm³/mol. The van der Waals surface area contributed by atoms with Gasteiger partial charge in [-0.05, 0) is 36.4 Å². The number of aldehydes is 1. The maximum Gasteiger partial charge on any atom is 0.437 e. The zero-order valence-corrected chi connectivity index (χ0v) is 20.3. The molecule has 0 spiro atoms. The molecule has 0 amide bonds. The Morgan fingerprint density at radius 2 is 2.03 bits per heavy atom. The van der Waals surface area contributed by atoms with Gasteiger partial charge in [0.15, 0.2) is 12.0 Å². The highest BCUT2D eigenvalue weighted by atomic mass is 35.5. The third kappa shape index (κ3) is 6.93. The van der Waals surface area contributed by atoms with Crippen LogP contribution in [0.1, 0.15) is 16.8 Å². The zero-order valence-electron chi connectivity index (χ0n) is 18.8. The number of nitrogens with one attached hydrogen (secondary N) is 1. The minimum atomic E-state index is -5.03. The van der Waals surface area contributed by atoms with E-state index in [0.717, 1.165) is 16.7 Å². The molecule has 0 saturated heterocycles. The molecule has 0 fully saturated rings. The number of halogens is 5. The molecule has 37 heavy (non-hydrogen) atoms. The van der Waals surface area contributed by atoms with Crippen LogP contribution in [-0.2, 0) is 17.5 Å². The topological polar surface area (TPSA) is 122 Å². The van der Waals surface area contributed by atoms with Gasteiger partial charge in [0.1, 0.15) is 10.9 Å². The Labute approximate surface area is 217 Å². The van der Waals surface area contributed by atoms with Crippen molar-refractivity contribution in [1.29, 1.82) is 5.26 Å². The monoisotopic (exact) mass is 550 g/mol. The van der Waals surface area contributed by atoms with Crippen molar-refractivity contribution in [1.82, 2.24) is 20.0 Å². The lowest BCUT2D eigenvalue weighted by molar-refractivity contribution is -0.142. The van der Waals surface area contributed by atoms with E-state index in [-0.39, 0.29) is 32.8 Å². The summed E-state index contributed by atoms with van der Waals surface area (Å²) in [5.41, 5.74) is 0.334. The SMILES string of the molecule is CN/N=C(\C=C(/C=O)c1ccc(Cl)nc1)Cn1cnc(C(F)(F)F)c(Oc2cc(Cl)cc(C#N)c2)c1=O. The van der Waals surface area contributed by atoms with Crippen LogP contribution in [0.2, 0.25) is 10.2 Å². The van der Waals surface area contributed by atoms with Gasteiger partial charge in [-0.1, -0.05) is 23.2 Å². The number of alkyl halides is 3. The molecule has 9 nitrogen and oxygen atoms in total. The second-order valence-corrected chi connectivity index (χ2v) is 7.98. The molecule has 0 atom stereocenters. The maximum atomic E-state index is 13.6. The molecule has 1 N–H and O–H groups in total. The summed E-state index contributed by atoms with van der Waals surface area (Å²) in [6.45, 7) is -0.390. The van der Waals surface area contributed by atoms with Crippen LogP contribution in [0.4, 0.5) is 13.2 Å². The number of benzene rings is 1. The van der Waals surface area contributed by atoms with E-state index < -0.39 is 29.7 Å². The number of carbonyl (C=O) groups is 1. The van der Waals surface area contributed by atoms with E-state index in [9.17, 15) is 22.8 Å². The number of nitriles is 1. The molecular weight excluding hydrogens is 536 g/mol. The normalized spacial score (nSPS) is 12.1. The fraction of sp³-hybridized carbons (Fsp3) is 0.130. The summed E-state index contributed by atoms with van der Waals surface area (Å²) >= 11 is 11.7. The third-order valence-electron chi connectivity index (χ3n) is 4.58. The standard InChI is InChI=1S/C23H15Cl2F3N6O3/c1-30-33-17(6-15(11-35)14-2-3-19(25)31-9-14)10-34-12-32-21(23(26,27)28)20(22(34)36)37-18-5-13(8-29)4-16(24)7-18/h2-7,9,11-12,30H,10H2,1H3/b15-6+,33-17+. The minimum Gasteiger partial charge on any atom is -0.449 e. The van der Waals surface area contributed by atoms with E-state index in [1.54, 1.807) is 6.07 Å². The largest absolute Gasteiger partial charge is 0.449 e. The summed E-state index contributed by atoms with van der Waals surface area (Å²) in [6, 6.07) is 8.32. The number of hydrogen-bond donors (Lipinski definition) is 1. The quantitative estimate of drug-likeness (QED) is 0.144. The number of allylic oxidation sites excluding steroid dienone is 2. The van der Waals surface area contributed by atoms with Crippen molar-refractivity contribution in [2.24, 2.45) is 5.10 Å². The molecule has 3 rings (SSSR count). The van der Waals surface area contributed by atoms with Crippen LogP contribution in [0.3, 0.4) is 0 Å². The molecule has 0 saturated carbocycles. The summed E-state index contributed by atoms with van der Waals surface area (Å²) in [6.07, 6.45) is -1.17. The van der Waals surface area contributed by atoms with E-state index in [1.165, 1.54) is 37.5 Å². The number of ether oxygens (including phenoxy) is 1. The van der Waals surface area contributed by atoms with E-state index in [1.807, 2.05) is 0 Å². The Kier molecular flexibility index (Phi) is 8.65. The van der Waals surface area contributed by atoms with Crippen LogP contribution >= 0.6 is 23.2 Å². The first-order valence-corrected chi connectivity index (χ1v) is 10.9. The molecule has 0 aliphatic carbocycles. The van der Waals surface area contributed by atoms with Crippen LogP contribution in [0.5, 0.6) is 11.5 Å². The summed E-state index contributed by atoms with van der Waals surface area (Å²) < 4.78 is 47.0. The van der Waals surface area contributed by atoms with Crippen molar-refractivity contribution in [2.45, 2.75) is 12.7 Å². The van der Waals surface area contributed by atoms with Gasteiger partial charge in [0.2, 0.25) is 5.75 Å². The first-order chi connectivity index (χ1) is 17.5. The summed E-state index contributed by atoms with van der Waals surface area (Å²) in [4.78, 5) is 32.0. The van der Waals surface area contributed by atoms with Crippen LogP contribution in [0, 0.1) is 11.3 Å². The van der Waals surface area contributed by atoms with Gasteiger partial charge in [-0.25, -0.2) is 9.97 Å². The van der Waals surface area contributed by atoms with Crippen molar-refractivity contribution in [2.75, 3.05) is 7.05 Å². The fourth-order valence-electron chi connectivity index (χ4n) is 3.02. The minimum absolute atomic E-state index is 0.00642. The van der Waals surface area contributed by atoms with Crippen LogP contribution in [-0.4, -0.2) is 33.6 Å². The summed E-state index contributed by atoms with van der Waals surface area (Å²) in [5.74, 6) is -1.40. The van der Waals surface area contributed by atoms with Gasteiger partial charge in [0.25, 0.3) is 5.56 Å². The van der Waals surface area contributed by atoms with Crippen LogP contribution in [0.25, 0.3) is 5.57 Å². The van der Waals surface area contributed by atoms with Crippen molar-refractivity contribution < 1.29 is 22.7 Å². The molecule has 3 aromatic rings. The first kappa shape index (κ1) is 27.4. The third-order valence-corrected chi connectivity index (χ3v) is 5.02. The molecule has 14 heteroatoms. The van der Waals surface area contributed by atoms with Gasteiger partial charge in [-0.15, -0.1) is 0 Å². The Morgan fingerprint density at radius 3 is 2.62 bits per heavy atom. The number of nitrogens with zero attached hydrogens (tertiary/aromatic N) is 5. The van der Waals surface area contributed by atoms with Gasteiger partial charge in [0.05, 0.1) is 30.2 Å². The molecule has 0 unspecified atom stereocenters. The number of hydrogen-bond acceptors (Lipinski definition) is 8. The molecule has 1 aromatic carbocycles. The first-order valence-electron chi connectivity index (χ1n) is 10.1. The second-order valence-electron chi connectivity index (χ2n) is 7.16. The molecule has 2 aromatic heterocycles. The average Bonchev–Trinajstić information content (AvgIpc) is 2.84. The van der Waals surface area contributed by atoms with E-state index in [2.05, 4.69) is 20.5 Å². The lowest BCUT2D eigenvalue weighted by Crippen LogP contribution is -2.29. The lowest BCUT2D eigenvalue weighted by atomic mass is 10.1. The fourth-order valence-corrected chi connectivity index (χ4v) is 3.36. The number of hydrazone groups is 1. The van der Waals surface area contributed by atoms with Gasteiger partial charge < -0.3 is 10.2 Å². The van der Waals surface area contributed by atoms with Crippen molar-refractivity contribution in [3.8, 4) is 17.6 Å². The highest BCUT2D eigenvalue weighted by molar-refractivity contribution is 6.30. The number of carbonyl (C=O) groups excluding carboxylic acids is 1. The van der Waals surface area contributed by atoms with Crippen LogP contribution < -0.4 is 15.7 Å². The van der Waals surface area contributed by atoms with Crippen molar-refractivity contribution in [3.05, 3.63) is 86.3 Å². The van der Waals surface area contributed by atoms with Gasteiger partial charge in [-0.3, -0.25) is 14.2 Å². The molecular formula is C23H15Cl2F3N6O3. The maximum absolute atomic E-state index is 13.6. The number of pyridine rings is 1. The molecule has 0 aliphatic heterocycles. The molecule has 2 heterocycles. The predicted octanol–water partition coefficient (Wildman–Crippen LogP) is 4.49. The molecule has 190 valence electrons. The molecule has 0 radical (unpaired) electrons. The van der Waals surface area contributed by atoms with Gasteiger partial charge in [-0.2, -0.15) is 23.5 Å². The Hall–Kier alpha value is -4.21. The smallest absolute Gasteiger partial charge is 0.437 e. The highest BCUT2D eigenvalue weighted by Crippen LogP contribution is 2.35. The summed E-state index contributed by atoms with van der Waals surface area (Å²) in [7, 11) is 1.45. The highest BCUT2D eigenvalue weighted by Gasteiger charge is 2.38. The summed E-state index contributed by atoms with van der Waals surface area (Å²) in [5, 5.41) is 13.3. The van der Waals surface area contributed by atoms with Crippen molar-refractivity contribution >= 4 is 40.8 Å². The average molecular weight is 551 g/mol. The van der Waals surface area contributed by atoms with E-state index in [0.29, 0.717) is 18.2 Å². The molecule has 0 bridgehead atoms. The lowest BCUT2D eigenvalue weighted by Gasteiger charge is -2.15. The Balaban J connectivity index is 2.07. The zero-order chi connectivity index (χ0) is 27.2. The second kappa shape index (κ2) is 11.7. The van der Waals surface area contributed by atoms with Gasteiger partial charge >= 0.3 is 6.18 Å². The number of rotatable bonds is 8. The Morgan fingerprint density at radius 1 is 1.27 bits per heavy atom. The van der Waals surface area contributed by atoms with Crippen LogP contribution in [0.15, 0.2) is 58.8 Å². The number of aromatic nitrogens is 3. The van der Waals surface area contributed by atoms with E-state index >= 15 is 0 Å². The Bertz CT molecular complexity index is 1480. The molecule has 0 aliphatic rings. The van der Waals surface area contributed by atoms with E-state index in [4.69, 9.17) is 33.2 Å². The van der Waals surface area contributed by atoms with Crippen molar-refractivity contribution in [3.63, 3.8) is 0 Å². The van der Waals surface area contributed by atoms with Gasteiger partial charge in [0, 0.05) is 29.4 Å².